The van der Waals surface area contributed by atoms with E-state index in [0.29, 0.717) is 6.42 Å². The molecule has 5 nitrogen and oxygen atoms in total. The second-order valence-electron chi connectivity index (χ2n) is 9.87. The molecule has 6 heteroatoms. The Morgan fingerprint density at radius 1 is 1.33 bits per heavy atom. The Morgan fingerprint density at radius 2 is 1.90 bits per heavy atom. The lowest BCUT2D eigenvalue weighted by Crippen LogP contribution is -2.69. The molecule has 2 rings (SSSR count). The van der Waals surface area contributed by atoms with Crippen molar-refractivity contribution in [2.45, 2.75) is 96.4 Å². The van der Waals surface area contributed by atoms with E-state index in [0.717, 1.165) is 30.1 Å². The summed E-state index contributed by atoms with van der Waals surface area (Å²) < 4.78 is 18.6. The molecule has 2 aliphatic rings. The lowest BCUT2D eigenvalue weighted by Gasteiger charge is -2.61. The molecule has 2 fully saturated rings. The minimum absolute atomic E-state index is 0.116. The van der Waals surface area contributed by atoms with Gasteiger partial charge >= 0.3 is 5.97 Å². The molecule has 0 radical (unpaired) electrons. The van der Waals surface area contributed by atoms with Crippen LogP contribution in [0.2, 0.25) is 18.1 Å². The summed E-state index contributed by atoms with van der Waals surface area (Å²) in [6.45, 7) is 20.8. The molecule has 0 bridgehead atoms. The molecule has 0 aromatic heterocycles. The predicted octanol–water partition coefficient (Wildman–Crippen LogP) is 4.86. The summed E-state index contributed by atoms with van der Waals surface area (Å²) in [4.78, 5) is 13.1. The van der Waals surface area contributed by atoms with Crippen LogP contribution >= 0.6 is 0 Å². The van der Waals surface area contributed by atoms with Gasteiger partial charge in [0.1, 0.15) is 11.7 Å². The van der Waals surface area contributed by atoms with E-state index in [1.54, 1.807) is 6.08 Å². The molecule has 1 N–H and O–H groups in total. The van der Waals surface area contributed by atoms with E-state index < -0.39 is 32.0 Å². The summed E-state index contributed by atoms with van der Waals surface area (Å²) in [6, 6.07) is 3.07. The quantitative estimate of drug-likeness (QED) is 0.268. The highest BCUT2D eigenvalue weighted by Gasteiger charge is 2.75. The van der Waals surface area contributed by atoms with Gasteiger partial charge in [0.05, 0.1) is 18.1 Å². The van der Waals surface area contributed by atoms with E-state index in [1.807, 2.05) is 6.92 Å². The highest BCUT2D eigenvalue weighted by Crippen LogP contribution is 2.66. The molecule has 0 aromatic carbocycles. The molecule has 30 heavy (non-hydrogen) atoms. The molecule has 172 valence electrons. The van der Waals surface area contributed by atoms with Crippen molar-refractivity contribution in [3.05, 3.63) is 24.8 Å². The Balaban J connectivity index is 2.50. The van der Waals surface area contributed by atoms with E-state index in [2.05, 4.69) is 47.8 Å². The zero-order valence-electron chi connectivity index (χ0n) is 20.0. The second kappa shape index (κ2) is 9.27. The van der Waals surface area contributed by atoms with Crippen LogP contribution in [0.3, 0.4) is 0 Å². The monoisotopic (exact) mass is 438 g/mol. The third-order valence-corrected chi connectivity index (χ3v) is 12.5. The number of carbonyl (C=O) groups excluding carboxylic acids is 1. The van der Waals surface area contributed by atoms with Gasteiger partial charge in [-0.3, -0.25) is 4.79 Å². The number of aliphatic hydroxyl groups is 1. The largest absolute Gasteiger partial charge is 0.455 e. The van der Waals surface area contributed by atoms with E-state index in [-0.39, 0.29) is 23.4 Å². The molecule has 1 heterocycles. The van der Waals surface area contributed by atoms with Crippen LogP contribution in [0.1, 0.15) is 54.4 Å². The maximum Gasteiger partial charge on any atom is 0.312 e. The SMILES string of the molecule is C=C[C@H](OC)[C@H](O)[C@@H]1C(=O)O[C@]2([C@@H](CC(=C)C)O[Si](CC)(CC)CC)[C@H]1CC2(C)C. The summed E-state index contributed by atoms with van der Waals surface area (Å²) in [6.07, 6.45) is 1.15. The number of hydrogen-bond acceptors (Lipinski definition) is 5. The fraction of sp³-hybridized carbons (Fsp3) is 0.792. The first-order valence-corrected chi connectivity index (χ1v) is 13.9. The Hall–Kier alpha value is -0.953. The molecular formula is C24H42O5Si. The maximum atomic E-state index is 13.1. The summed E-state index contributed by atoms with van der Waals surface area (Å²) in [5, 5.41) is 11.0. The topological polar surface area (TPSA) is 65.0 Å². The van der Waals surface area contributed by atoms with Gasteiger partial charge in [0, 0.05) is 18.4 Å². The lowest BCUT2D eigenvalue weighted by atomic mass is 9.47. The number of aliphatic hydroxyl groups excluding tert-OH is 1. The maximum absolute atomic E-state index is 13.1. The van der Waals surface area contributed by atoms with Crippen molar-refractivity contribution in [2.24, 2.45) is 17.3 Å². The number of hydrogen-bond donors (Lipinski definition) is 1. The van der Waals surface area contributed by atoms with Gasteiger partial charge in [-0.2, -0.15) is 0 Å². The highest BCUT2D eigenvalue weighted by atomic mass is 28.4. The third-order valence-electron chi connectivity index (χ3n) is 7.86. The minimum Gasteiger partial charge on any atom is -0.455 e. The van der Waals surface area contributed by atoms with Gasteiger partial charge in [0.2, 0.25) is 0 Å². The van der Waals surface area contributed by atoms with Crippen molar-refractivity contribution < 1.29 is 23.8 Å². The summed E-state index contributed by atoms with van der Waals surface area (Å²) in [5.74, 6) is -1.11. The number of esters is 1. The second-order valence-corrected chi connectivity index (χ2v) is 14.6. The highest BCUT2D eigenvalue weighted by molar-refractivity contribution is 6.73. The zero-order valence-corrected chi connectivity index (χ0v) is 21.0. The van der Waals surface area contributed by atoms with Crippen LogP contribution in [0.4, 0.5) is 0 Å². The Bertz CT molecular complexity index is 648. The van der Waals surface area contributed by atoms with Gasteiger partial charge in [-0.1, -0.05) is 46.3 Å². The fourth-order valence-corrected chi connectivity index (χ4v) is 8.70. The molecule has 0 aromatic rings. The normalized spacial score (nSPS) is 30.6. The van der Waals surface area contributed by atoms with Crippen LogP contribution in [0.5, 0.6) is 0 Å². The Labute approximate surface area is 184 Å². The number of fused-ring (bicyclic) bond motifs is 1. The molecule has 1 saturated carbocycles. The lowest BCUT2D eigenvalue weighted by molar-refractivity contribution is -0.236. The van der Waals surface area contributed by atoms with Crippen LogP contribution in [0.15, 0.2) is 24.8 Å². The van der Waals surface area contributed by atoms with Crippen molar-refractivity contribution in [1.29, 1.82) is 0 Å². The average molecular weight is 439 g/mol. The van der Waals surface area contributed by atoms with Gasteiger partial charge in [0.25, 0.3) is 0 Å². The average Bonchev–Trinajstić information content (AvgIpc) is 2.95. The van der Waals surface area contributed by atoms with Crippen molar-refractivity contribution in [3.8, 4) is 0 Å². The van der Waals surface area contributed by atoms with Crippen molar-refractivity contribution in [1.82, 2.24) is 0 Å². The van der Waals surface area contributed by atoms with E-state index in [1.165, 1.54) is 7.11 Å². The van der Waals surface area contributed by atoms with Crippen molar-refractivity contribution >= 4 is 14.3 Å². The number of methoxy groups -OCH3 is 1. The van der Waals surface area contributed by atoms with Crippen LogP contribution < -0.4 is 0 Å². The zero-order chi connectivity index (χ0) is 22.9. The Morgan fingerprint density at radius 3 is 2.30 bits per heavy atom. The first-order valence-electron chi connectivity index (χ1n) is 11.4. The van der Waals surface area contributed by atoms with E-state index in [9.17, 15) is 9.90 Å². The third kappa shape index (κ3) is 3.96. The van der Waals surface area contributed by atoms with Gasteiger partial charge in [-0.25, -0.2) is 0 Å². The molecule has 1 saturated heterocycles. The summed E-state index contributed by atoms with van der Waals surface area (Å²) in [7, 11) is -0.444. The number of ether oxygens (including phenoxy) is 2. The first kappa shape index (κ1) is 25.3. The Kier molecular flexibility index (Phi) is 7.82. The molecule has 1 aliphatic carbocycles. The fourth-order valence-electron chi connectivity index (χ4n) is 5.83. The van der Waals surface area contributed by atoms with Gasteiger partial charge in [-0.05, 0) is 37.9 Å². The molecule has 1 aliphatic heterocycles. The smallest absolute Gasteiger partial charge is 0.312 e. The first-order chi connectivity index (χ1) is 14.0. The van der Waals surface area contributed by atoms with Gasteiger partial charge in [-0.15, -0.1) is 13.2 Å². The minimum atomic E-state index is -1.96. The standard InChI is InChI=1S/C24H42O5Si/c1-10-18(27-9)21(25)20-17-15-23(7,8)24(17,28-22(20)26)19(14-16(5)6)29-30(11-2,12-3)13-4/h10,17-21,25H,1,5,11-15H2,2-4,6-9H3/t17-,18-,19+,20+,21-,24-/m0/s1. The van der Waals surface area contributed by atoms with Crippen LogP contribution in [-0.4, -0.2) is 50.4 Å². The number of rotatable bonds is 12. The van der Waals surface area contributed by atoms with Crippen LogP contribution in [0, 0.1) is 17.3 Å². The van der Waals surface area contributed by atoms with Crippen LogP contribution in [0.25, 0.3) is 0 Å². The molecule has 0 unspecified atom stereocenters. The van der Waals surface area contributed by atoms with Crippen molar-refractivity contribution in [2.75, 3.05) is 7.11 Å². The number of carbonyl (C=O) groups is 1. The summed E-state index contributed by atoms with van der Waals surface area (Å²) >= 11 is 0. The van der Waals surface area contributed by atoms with E-state index in [4.69, 9.17) is 13.9 Å². The molecule has 6 atom stereocenters. The summed E-state index contributed by atoms with van der Waals surface area (Å²) in [5.41, 5.74) is 0.0165. The predicted molar refractivity (Wildman–Crippen MR) is 123 cm³/mol. The molecule has 0 spiro atoms. The van der Waals surface area contributed by atoms with Gasteiger partial charge in [0.15, 0.2) is 8.32 Å². The van der Waals surface area contributed by atoms with Crippen LogP contribution in [-0.2, 0) is 18.7 Å². The van der Waals surface area contributed by atoms with E-state index >= 15 is 0 Å². The molecular weight excluding hydrogens is 396 g/mol. The van der Waals surface area contributed by atoms with Gasteiger partial charge < -0.3 is 19.0 Å². The molecule has 0 amide bonds. The van der Waals surface area contributed by atoms with Crippen molar-refractivity contribution in [3.63, 3.8) is 0 Å².